The van der Waals surface area contributed by atoms with Crippen LogP contribution in [-0.2, 0) is 9.45 Å². The zero-order valence-corrected chi connectivity index (χ0v) is 15.2. The number of anilines is 1. The molecule has 1 amide bonds. The SMILES string of the molecule is NCC(C(=O)Nc1ccc2cnccc2c1)c1ccc2c(c1)B(O)OCCO2. The molecular weight excluding hydrogens is 357 g/mol. The number of carbonyl (C=O) groups excluding carboxylic acids is 1. The van der Waals surface area contributed by atoms with Crippen molar-refractivity contribution in [3.63, 3.8) is 0 Å². The van der Waals surface area contributed by atoms with Gasteiger partial charge in [0.15, 0.2) is 0 Å². The van der Waals surface area contributed by atoms with Gasteiger partial charge in [0.2, 0.25) is 5.91 Å². The van der Waals surface area contributed by atoms with Gasteiger partial charge in [-0.05, 0) is 35.2 Å². The molecule has 0 fully saturated rings. The van der Waals surface area contributed by atoms with Gasteiger partial charge >= 0.3 is 7.12 Å². The molecule has 2 aromatic carbocycles. The van der Waals surface area contributed by atoms with Crippen molar-refractivity contribution in [2.75, 3.05) is 25.1 Å². The first-order valence-corrected chi connectivity index (χ1v) is 9.07. The van der Waals surface area contributed by atoms with Crippen LogP contribution in [-0.4, -0.2) is 42.8 Å². The molecule has 0 spiro atoms. The molecule has 0 saturated heterocycles. The normalized spacial score (nSPS) is 14.7. The molecule has 1 aliphatic rings. The van der Waals surface area contributed by atoms with Gasteiger partial charge in [0.25, 0.3) is 0 Å². The number of nitrogens with zero attached hydrogens (tertiary/aromatic N) is 1. The van der Waals surface area contributed by atoms with E-state index in [-0.39, 0.29) is 12.5 Å². The molecule has 0 radical (unpaired) electrons. The molecule has 3 aromatic rings. The van der Waals surface area contributed by atoms with Crippen LogP contribution in [0.1, 0.15) is 11.5 Å². The fourth-order valence-electron chi connectivity index (χ4n) is 3.29. The number of pyridine rings is 1. The fourth-order valence-corrected chi connectivity index (χ4v) is 3.29. The van der Waals surface area contributed by atoms with E-state index in [1.165, 1.54) is 0 Å². The lowest BCUT2D eigenvalue weighted by molar-refractivity contribution is -0.117. The van der Waals surface area contributed by atoms with Crippen LogP contribution in [0.4, 0.5) is 5.69 Å². The molecule has 28 heavy (non-hydrogen) atoms. The predicted octanol–water partition coefficient (Wildman–Crippen LogP) is 1.01. The maximum Gasteiger partial charge on any atom is 0.495 e. The average Bonchev–Trinajstić information content (AvgIpc) is 2.90. The molecule has 4 rings (SSSR count). The monoisotopic (exact) mass is 377 g/mol. The molecule has 8 heteroatoms. The van der Waals surface area contributed by atoms with E-state index in [0.717, 1.165) is 10.8 Å². The second kappa shape index (κ2) is 7.98. The maximum atomic E-state index is 12.9. The Hall–Kier alpha value is -2.94. The standard InChI is InChI=1S/C20H20BN3O4/c22-11-17(14-2-4-19-18(10-14)21(26)28-8-7-27-19)20(25)24-16-3-1-15-12-23-6-5-13(15)9-16/h1-6,9-10,12,17,26H,7-8,11,22H2,(H,24,25). The van der Waals surface area contributed by atoms with E-state index >= 15 is 0 Å². The van der Waals surface area contributed by atoms with Gasteiger partial charge in [-0.15, -0.1) is 0 Å². The van der Waals surface area contributed by atoms with Crippen LogP contribution < -0.4 is 21.3 Å². The average molecular weight is 377 g/mol. The summed E-state index contributed by atoms with van der Waals surface area (Å²) in [7, 11) is -1.09. The largest absolute Gasteiger partial charge is 0.495 e. The van der Waals surface area contributed by atoms with E-state index in [4.69, 9.17) is 15.1 Å². The Balaban J connectivity index is 1.58. The third-order valence-corrected chi connectivity index (χ3v) is 4.78. The summed E-state index contributed by atoms with van der Waals surface area (Å²) in [5, 5.41) is 15.1. The van der Waals surface area contributed by atoms with Crippen LogP contribution in [0.15, 0.2) is 54.9 Å². The summed E-state index contributed by atoms with van der Waals surface area (Å²) in [6.07, 6.45) is 3.48. The summed E-state index contributed by atoms with van der Waals surface area (Å²) in [5.74, 6) is -0.247. The van der Waals surface area contributed by atoms with Crippen molar-refractivity contribution in [2.24, 2.45) is 5.73 Å². The van der Waals surface area contributed by atoms with Gasteiger partial charge < -0.3 is 25.5 Å². The quantitative estimate of drug-likeness (QED) is 0.586. The lowest BCUT2D eigenvalue weighted by atomic mass is 9.77. The third kappa shape index (κ3) is 3.70. The number of fused-ring (bicyclic) bond motifs is 2. The Bertz CT molecular complexity index is 1010. The highest BCUT2D eigenvalue weighted by Crippen LogP contribution is 2.23. The molecule has 7 nitrogen and oxygen atoms in total. The second-order valence-electron chi connectivity index (χ2n) is 6.58. The predicted molar refractivity (Wildman–Crippen MR) is 108 cm³/mol. The summed E-state index contributed by atoms with van der Waals surface area (Å²) in [6, 6.07) is 12.8. The molecule has 1 aliphatic heterocycles. The molecule has 0 aliphatic carbocycles. The van der Waals surface area contributed by atoms with Crippen molar-refractivity contribution in [3.05, 3.63) is 60.4 Å². The Kier molecular flexibility index (Phi) is 5.25. The van der Waals surface area contributed by atoms with Crippen LogP contribution in [0.2, 0.25) is 0 Å². The number of hydrogen-bond acceptors (Lipinski definition) is 6. The number of aromatic nitrogens is 1. The molecule has 4 N–H and O–H groups in total. The highest BCUT2D eigenvalue weighted by atomic mass is 16.6. The van der Waals surface area contributed by atoms with Gasteiger partial charge in [0.1, 0.15) is 12.4 Å². The van der Waals surface area contributed by atoms with E-state index in [1.54, 1.807) is 30.6 Å². The van der Waals surface area contributed by atoms with Crippen LogP contribution in [0.3, 0.4) is 0 Å². The Morgan fingerprint density at radius 1 is 1.21 bits per heavy atom. The van der Waals surface area contributed by atoms with E-state index in [1.807, 2.05) is 24.3 Å². The Morgan fingerprint density at radius 3 is 2.96 bits per heavy atom. The van der Waals surface area contributed by atoms with Crippen LogP contribution in [0.5, 0.6) is 5.75 Å². The number of hydrogen-bond donors (Lipinski definition) is 3. The highest BCUT2D eigenvalue weighted by molar-refractivity contribution is 6.61. The lowest BCUT2D eigenvalue weighted by Gasteiger charge is -2.18. The van der Waals surface area contributed by atoms with Crippen LogP contribution in [0.25, 0.3) is 10.8 Å². The molecule has 0 saturated carbocycles. The van der Waals surface area contributed by atoms with Crippen molar-refractivity contribution in [2.45, 2.75) is 5.92 Å². The minimum atomic E-state index is -1.09. The van der Waals surface area contributed by atoms with Crippen LogP contribution >= 0.6 is 0 Å². The first-order chi connectivity index (χ1) is 13.7. The second-order valence-corrected chi connectivity index (χ2v) is 6.58. The van der Waals surface area contributed by atoms with Crippen molar-refractivity contribution >= 4 is 34.9 Å². The highest BCUT2D eigenvalue weighted by Gasteiger charge is 2.27. The smallest absolute Gasteiger partial charge is 0.492 e. The zero-order valence-electron chi connectivity index (χ0n) is 15.2. The summed E-state index contributed by atoms with van der Waals surface area (Å²) < 4.78 is 10.9. The fraction of sp³-hybridized carbons (Fsp3) is 0.200. The summed E-state index contributed by atoms with van der Waals surface area (Å²) >= 11 is 0. The van der Waals surface area contributed by atoms with Crippen LogP contribution in [0, 0.1) is 0 Å². The van der Waals surface area contributed by atoms with Gasteiger partial charge in [-0.25, -0.2) is 0 Å². The summed E-state index contributed by atoms with van der Waals surface area (Å²) in [5.41, 5.74) is 7.77. The molecule has 0 bridgehead atoms. The van der Waals surface area contributed by atoms with E-state index in [2.05, 4.69) is 10.3 Å². The summed E-state index contributed by atoms with van der Waals surface area (Å²) in [6.45, 7) is 0.783. The molecular formula is C20H20BN3O4. The molecule has 1 aromatic heterocycles. The molecule has 142 valence electrons. The number of carbonyl (C=O) groups is 1. The maximum absolute atomic E-state index is 12.9. The molecule has 1 unspecified atom stereocenters. The van der Waals surface area contributed by atoms with Crippen molar-refractivity contribution in [1.29, 1.82) is 0 Å². The van der Waals surface area contributed by atoms with Gasteiger partial charge in [-0.3, -0.25) is 9.78 Å². The van der Waals surface area contributed by atoms with E-state index in [9.17, 15) is 9.82 Å². The number of amides is 1. The number of ether oxygens (including phenoxy) is 1. The minimum Gasteiger partial charge on any atom is -0.492 e. The van der Waals surface area contributed by atoms with E-state index < -0.39 is 13.0 Å². The third-order valence-electron chi connectivity index (χ3n) is 4.78. The first kappa shape index (κ1) is 18.4. The van der Waals surface area contributed by atoms with Gasteiger partial charge in [0, 0.05) is 35.5 Å². The van der Waals surface area contributed by atoms with Gasteiger partial charge in [-0.2, -0.15) is 0 Å². The number of benzene rings is 2. The first-order valence-electron chi connectivity index (χ1n) is 9.07. The zero-order chi connectivity index (χ0) is 19.5. The van der Waals surface area contributed by atoms with E-state index in [0.29, 0.717) is 35.7 Å². The van der Waals surface area contributed by atoms with Crippen molar-refractivity contribution < 1.29 is 19.2 Å². The van der Waals surface area contributed by atoms with Crippen molar-refractivity contribution in [3.8, 4) is 5.75 Å². The lowest BCUT2D eigenvalue weighted by Crippen LogP contribution is -2.34. The number of nitrogens with two attached hydrogens (primary N) is 1. The topological polar surface area (TPSA) is 107 Å². The Labute approximate surface area is 162 Å². The molecule has 2 heterocycles. The number of nitrogens with one attached hydrogen (secondary N) is 1. The van der Waals surface area contributed by atoms with Crippen molar-refractivity contribution in [1.82, 2.24) is 4.98 Å². The molecule has 1 atom stereocenters. The Morgan fingerprint density at radius 2 is 2.11 bits per heavy atom. The minimum absolute atomic E-state index is 0.125. The van der Waals surface area contributed by atoms with Gasteiger partial charge in [-0.1, -0.05) is 18.2 Å². The number of rotatable bonds is 4. The van der Waals surface area contributed by atoms with Gasteiger partial charge in [0.05, 0.1) is 12.5 Å². The summed E-state index contributed by atoms with van der Waals surface area (Å²) in [4.78, 5) is 17.0.